The quantitative estimate of drug-likeness (QED) is 0.594. The minimum Gasteiger partial charge on any atom is -0.493 e. The van der Waals surface area contributed by atoms with E-state index in [2.05, 4.69) is 20.8 Å². The van der Waals surface area contributed by atoms with Crippen molar-refractivity contribution in [3.8, 4) is 5.75 Å². The van der Waals surface area contributed by atoms with E-state index in [-0.39, 0.29) is 41.1 Å². The van der Waals surface area contributed by atoms with Crippen molar-refractivity contribution in [2.75, 3.05) is 0 Å². The molecule has 2 aliphatic rings. The molecule has 3 unspecified atom stereocenters. The Morgan fingerprint density at radius 1 is 1.03 bits per heavy atom. The first-order valence-electron chi connectivity index (χ1n) is 11.2. The highest BCUT2D eigenvalue weighted by Crippen LogP contribution is 2.35. The maximum absolute atomic E-state index is 13.0. The van der Waals surface area contributed by atoms with Crippen molar-refractivity contribution in [1.82, 2.24) is 0 Å². The summed E-state index contributed by atoms with van der Waals surface area (Å²) in [5, 5.41) is 0. The molecule has 1 aliphatic heterocycles. The lowest BCUT2D eigenvalue weighted by Gasteiger charge is -2.36. The molecule has 1 heterocycles. The highest BCUT2D eigenvalue weighted by molar-refractivity contribution is 5.96. The number of rotatable bonds is 4. The fourth-order valence-corrected chi connectivity index (χ4v) is 4.28. The van der Waals surface area contributed by atoms with Gasteiger partial charge in [0.1, 0.15) is 24.2 Å². The average molecular weight is 435 g/mol. The SMILES string of the molecule is Cc1ccccc1C(=O)OC1CCC2C(=O)C(Oc3ccc(C(C)(C)C)cc3)=COC2C1. The van der Waals surface area contributed by atoms with Gasteiger partial charge in [-0.3, -0.25) is 4.79 Å². The fraction of sp³-hybridized carbons (Fsp3) is 0.407. The summed E-state index contributed by atoms with van der Waals surface area (Å²) in [4.78, 5) is 25.5. The van der Waals surface area contributed by atoms with Gasteiger partial charge in [-0.1, -0.05) is 51.1 Å². The highest BCUT2D eigenvalue weighted by Gasteiger charge is 2.42. The lowest BCUT2D eigenvalue weighted by Crippen LogP contribution is -2.43. The molecule has 0 amide bonds. The lowest BCUT2D eigenvalue weighted by atomic mass is 9.80. The standard InChI is InChI=1S/C27H30O5/c1-17-7-5-6-8-21(17)26(29)32-20-13-14-22-23(15-20)30-16-24(25(22)28)31-19-11-9-18(10-12-19)27(2,3)4/h5-12,16,20,22-23H,13-15H2,1-4H3. The van der Waals surface area contributed by atoms with Gasteiger partial charge in [-0.25, -0.2) is 4.79 Å². The van der Waals surface area contributed by atoms with Crippen molar-refractivity contribution in [3.63, 3.8) is 0 Å². The van der Waals surface area contributed by atoms with E-state index in [1.807, 2.05) is 49.4 Å². The first-order chi connectivity index (χ1) is 15.2. The van der Waals surface area contributed by atoms with Crippen molar-refractivity contribution in [3.05, 3.63) is 77.2 Å². The van der Waals surface area contributed by atoms with Crippen molar-refractivity contribution in [1.29, 1.82) is 0 Å². The van der Waals surface area contributed by atoms with Gasteiger partial charge >= 0.3 is 5.97 Å². The number of ketones is 1. The molecule has 1 fully saturated rings. The van der Waals surface area contributed by atoms with E-state index in [0.29, 0.717) is 30.6 Å². The van der Waals surface area contributed by atoms with E-state index in [1.54, 1.807) is 6.07 Å². The summed E-state index contributed by atoms with van der Waals surface area (Å²) < 4.78 is 17.4. The van der Waals surface area contributed by atoms with Gasteiger partial charge in [-0.2, -0.15) is 0 Å². The Bertz CT molecular complexity index is 1030. The average Bonchev–Trinajstić information content (AvgIpc) is 2.76. The van der Waals surface area contributed by atoms with Crippen molar-refractivity contribution in [2.24, 2.45) is 5.92 Å². The second-order valence-corrected chi connectivity index (χ2v) is 9.66. The monoisotopic (exact) mass is 434 g/mol. The molecule has 0 aromatic heterocycles. The Balaban J connectivity index is 1.38. The molecule has 4 rings (SSSR count). The van der Waals surface area contributed by atoms with Crippen LogP contribution in [-0.2, 0) is 19.7 Å². The van der Waals surface area contributed by atoms with Gasteiger partial charge in [-0.15, -0.1) is 0 Å². The number of hydrogen-bond donors (Lipinski definition) is 0. The zero-order valence-corrected chi connectivity index (χ0v) is 19.1. The first-order valence-corrected chi connectivity index (χ1v) is 11.2. The summed E-state index contributed by atoms with van der Waals surface area (Å²) in [7, 11) is 0. The van der Waals surface area contributed by atoms with Crippen LogP contribution < -0.4 is 4.74 Å². The molecule has 32 heavy (non-hydrogen) atoms. The van der Waals surface area contributed by atoms with Crippen molar-refractivity contribution < 1.29 is 23.8 Å². The van der Waals surface area contributed by atoms with Crippen LogP contribution in [0, 0.1) is 12.8 Å². The number of esters is 1. The molecule has 3 atom stereocenters. The van der Waals surface area contributed by atoms with Crippen LogP contribution in [-0.4, -0.2) is 24.0 Å². The van der Waals surface area contributed by atoms with E-state index < -0.39 is 0 Å². The normalized spacial score (nSPS) is 22.9. The summed E-state index contributed by atoms with van der Waals surface area (Å²) in [5.41, 5.74) is 2.71. The number of carbonyl (C=O) groups is 2. The highest BCUT2D eigenvalue weighted by atomic mass is 16.6. The topological polar surface area (TPSA) is 61.8 Å². The Kier molecular flexibility index (Phi) is 6.09. The maximum atomic E-state index is 13.0. The van der Waals surface area contributed by atoms with Gasteiger partial charge in [0.15, 0.2) is 0 Å². The number of fused-ring (bicyclic) bond motifs is 1. The molecule has 2 aromatic carbocycles. The molecule has 168 valence electrons. The van der Waals surface area contributed by atoms with Gasteiger partial charge in [0, 0.05) is 6.42 Å². The number of benzene rings is 2. The molecule has 0 radical (unpaired) electrons. The Labute approximate surface area is 189 Å². The molecule has 0 N–H and O–H groups in total. The second-order valence-electron chi connectivity index (χ2n) is 9.66. The van der Waals surface area contributed by atoms with Crippen molar-refractivity contribution >= 4 is 11.8 Å². The Morgan fingerprint density at radius 2 is 1.75 bits per heavy atom. The van der Waals surface area contributed by atoms with Crippen LogP contribution in [0.5, 0.6) is 5.75 Å². The fourth-order valence-electron chi connectivity index (χ4n) is 4.28. The number of Topliss-reactive ketones (excluding diaryl/α,β-unsaturated/α-hetero) is 1. The molecule has 5 nitrogen and oxygen atoms in total. The van der Waals surface area contributed by atoms with E-state index in [1.165, 1.54) is 11.8 Å². The second kappa shape index (κ2) is 8.81. The van der Waals surface area contributed by atoms with Gasteiger partial charge in [0.05, 0.1) is 11.5 Å². The van der Waals surface area contributed by atoms with E-state index in [9.17, 15) is 9.59 Å². The van der Waals surface area contributed by atoms with Crippen LogP contribution in [0.1, 0.15) is 61.5 Å². The number of allylic oxidation sites excluding steroid dienone is 1. The van der Waals surface area contributed by atoms with Gasteiger partial charge in [-0.05, 0) is 54.5 Å². The molecular formula is C27H30O5. The molecule has 0 bridgehead atoms. The third kappa shape index (κ3) is 4.72. The first kappa shape index (κ1) is 22.1. The summed E-state index contributed by atoms with van der Waals surface area (Å²) in [6.07, 6.45) is 2.56. The van der Waals surface area contributed by atoms with Gasteiger partial charge < -0.3 is 14.2 Å². The van der Waals surface area contributed by atoms with Crippen LogP contribution in [0.3, 0.4) is 0 Å². The summed E-state index contributed by atoms with van der Waals surface area (Å²) in [6.45, 7) is 8.34. The molecular weight excluding hydrogens is 404 g/mol. The van der Waals surface area contributed by atoms with Crippen LogP contribution in [0.15, 0.2) is 60.6 Å². The number of hydrogen-bond acceptors (Lipinski definition) is 5. The van der Waals surface area contributed by atoms with E-state index in [4.69, 9.17) is 14.2 Å². The molecule has 0 spiro atoms. The smallest absolute Gasteiger partial charge is 0.338 e. The third-order valence-corrected chi connectivity index (χ3v) is 6.26. The minimum absolute atomic E-state index is 0.0511. The largest absolute Gasteiger partial charge is 0.493 e. The van der Waals surface area contributed by atoms with Crippen LogP contribution in [0.25, 0.3) is 0 Å². The van der Waals surface area contributed by atoms with Gasteiger partial charge in [0.2, 0.25) is 11.5 Å². The number of aryl methyl sites for hydroxylation is 1. The van der Waals surface area contributed by atoms with E-state index in [0.717, 1.165) is 5.56 Å². The van der Waals surface area contributed by atoms with Crippen LogP contribution in [0.2, 0.25) is 0 Å². The third-order valence-electron chi connectivity index (χ3n) is 6.26. The maximum Gasteiger partial charge on any atom is 0.338 e. The Morgan fingerprint density at radius 3 is 2.44 bits per heavy atom. The Hall–Kier alpha value is -3.08. The predicted octanol–water partition coefficient (Wildman–Crippen LogP) is 5.51. The zero-order valence-electron chi connectivity index (χ0n) is 19.1. The summed E-state index contributed by atoms with van der Waals surface area (Å²) >= 11 is 0. The summed E-state index contributed by atoms with van der Waals surface area (Å²) in [5.74, 6) is 0.180. The zero-order chi connectivity index (χ0) is 22.9. The number of ether oxygens (including phenoxy) is 3. The predicted molar refractivity (Wildman–Crippen MR) is 121 cm³/mol. The molecule has 1 saturated carbocycles. The van der Waals surface area contributed by atoms with E-state index >= 15 is 0 Å². The molecule has 0 saturated heterocycles. The minimum atomic E-state index is -0.327. The van der Waals surface area contributed by atoms with Gasteiger partial charge in [0.25, 0.3) is 0 Å². The molecule has 1 aliphatic carbocycles. The molecule has 2 aromatic rings. The van der Waals surface area contributed by atoms with Crippen LogP contribution >= 0.6 is 0 Å². The summed E-state index contributed by atoms with van der Waals surface area (Å²) in [6, 6.07) is 15.2. The van der Waals surface area contributed by atoms with Crippen molar-refractivity contribution in [2.45, 2.75) is 64.6 Å². The number of carbonyl (C=O) groups excluding carboxylic acids is 2. The molecule has 5 heteroatoms. The lowest BCUT2D eigenvalue weighted by molar-refractivity contribution is -0.132. The van der Waals surface area contributed by atoms with Crippen LogP contribution in [0.4, 0.5) is 0 Å².